The van der Waals surface area contributed by atoms with Crippen LogP contribution >= 0.6 is 11.8 Å². The number of anilines is 1. The number of amides is 1. The number of rotatable bonds is 5. The summed E-state index contributed by atoms with van der Waals surface area (Å²) in [6, 6.07) is 9.75. The molecule has 0 radical (unpaired) electrons. The summed E-state index contributed by atoms with van der Waals surface area (Å²) >= 11 is 1.56. The van der Waals surface area contributed by atoms with Gasteiger partial charge in [-0.3, -0.25) is 4.79 Å². The number of aryl methyl sites for hydroxylation is 1. The van der Waals surface area contributed by atoms with Gasteiger partial charge in [0.2, 0.25) is 0 Å². The first-order valence-corrected chi connectivity index (χ1v) is 9.15. The fraction of sp³-hybridized carbons (Fsp3) is 0.389. The highest BCUT2D eigenvalue weighted by molar-refractivity contribution is 7.99. The third kappa shape index (κ3) is 3.80. The minimum Gasteiger partial charge on any atom is -0.360 e. The van der Waals surface area contributed by atoms with Crippen molar-refractivity contribution in [3.8, 4) is 6.07 Å². The third-order valence-electron chi connectivity index (χ3n) is 4.02. The van der Waals surface area contributed by atoms with Crippen molar-refractivity contribution in [2.75, 3.05) is 11.1 Å². The molecule has 0 aliphatic heterocycles. The van der Waals surface area contributed by atoms with Crippen LogP contribution in [-0.4, -0.2) is 16.8 Å². The van der Waals surface area contributed by atoms with E-state index in [1.54, 1.807) is 11.8 Å². The largest absolute Gasteiger partial charge is 0.360 e. The zero-order valence-corrected chi connectivity index (χ0v) is 14.2. The number of nitriles is 1. The Balaban J connectivity index is 1.76. The van der Waals surface area contributed by atoms with Gasteiger partial charge in [-0.05, 0) is 31.4 Å². The summed E-state index contributed by atoms with van der Waals surface area (Å²) in [7, 11) is 0. The molecule has 1 heterocycles. The number of carbonyl (C=O) groups excluding carboxylic acids is 1. The van der Waals surface area contributed by atoms with Gasteiger partial charge in [-0.1, -0.05) is 23.7 Å². The van der Waals surface area contributed by atoms with Gasteiger partial charge in [-0.15, -0.1) is 11.8 Å². The Bertz CT molecular complexity index is 764. The lowest BCUT2D eigenvalue weighted by Gasteiger charge is -2.09. The van der Waals surface area contributed by atoms with Crippen LogP contribution in [-0.2, 0) is 12.8 Å². The molecule has 24 heavy (non-hydrogen) atoms. The summed E-state index contributed by atoms with van der Waals surface area (Å²) in [5.41, 5.74) is 2.11. The molecule has 2 aromatic rings. The van der Waals surface area contributed by atoms with E-state index >= 15 is 0 Å². The van der Waals surface area contributed by atoms with E-state index in [-0.39, 0.29) is 5.91 Å². The zero-order chi connectivity index (χ0) is 16.8. The Morgan fingerprint density at radius 1 is 1.29 bits per heavy atom. The highest BCUT2D eigenvalue weighted by Gasteiger charge is 2.23. The third-order valence-corrected chi connectivity index (χ3v) is 5.10. The fourth-order valence-electron chi connectivity index (χ4n) is 2.82. The van der Waals surface area contributed by atoms with Crippen LogP contribution in [0.3, 0.4) is 0 Å². The van der Waals surface area contributed by atoms with E-state index in [1.165, 1.54) is 0 Å². The van der Waals surface area contributed by atoms with E-state index in [9.17, 15) is 4.79 Å². The second-order valence-corrected chi connectivity index (χ2v) is 6.84. The van der Waals surface area contributed by atoms with Crippen LogP contribution < -0.4 is 5.32 Å². The van der Waals surface area contributed by atoms with Gasteiger partial charge in [0.15, 0.2) is 5.69 Å². The van der Waals surface area contributed by atoms with Crippen molar-refractivity contribution in [3.63, 3.8) is 0 Å². The minimum atomic E-state index is -0.227. The number of hydrogen-bond acceptors (Lipinski definition) is 5. The van der Waals surface area contributed by atoms with Crippen molar-refractivity contribution in [1.82, 2.24) is 5.16 Å². The number of aromatic nitrogens is 1. The number of fused-ring (bicyclic) bond motifs is 1. The quantitative estimate of drug-likeness (QED) is 0.501. The molecule has 0 unspecified atom stereocenters. The highest BCUT2D eigenvalue weighted by atomic mass is 32.2. The molecular weight excluding hydrogens is 322 g/mol. The molecule has 0 fully saturated rings. The molecule has 5 nitrogen and oxygen atoms in total. The topological polar surface area (TPSA) is 78.9 Å². The fourth-order valence-corrected chi connectivity index (χ4v) is 3.69. The van der Waals surface area contributed by atoms with Gasteiger partial charge in [-0.2, -0.15) is 5.26 Å². The molecule has 1 aromatic carbocycles. The first-order valence-electron chi connectivity index (χ1n) is 8.17. The van der Waals surface area contributed by atoms with Crippen molar-refractivity contribution >= 4 is 23.4 Å². The lowest BCUT2D eigenvalue weighted by Crippen LogP contribution is -2.15. The first-order chi connectivity index (χ1) is 11.8. The Labute approximate surface area is 145 Å². The average molecular weight is 341 g/mol. The molecule has 124 valence electrons. The van der Waals surface area contributed by atoms with Gasteiger partial charge in [0.25, 0.3) is 5.91 Å². The predicted octanol–water partition coefficient (Wildman–Crippen LogP) is 4.20. The summed E-state index contributed by atoms with van der Waals surface area (Å²) in [4.78, 5) is 13.6. The summed E-state index contributed by atoms with van der Waals surface area (Å²) in [5, 5.41) is 15.6. The molecule has 1 N–H and O–H groups in total. The molecule has 1 aliphatic rings. The number of nitrogens with zero attached hydrogens (tertiary/aromatic N) is 2. The van der Waals surface area contributed by atoms with Crippen molar-refractivity contribution in [1.29, 1.82) is 5.26 Å². The van der Waals surface area contributed by atoms with E-state index in [4.69, 9.17) is 9.78 Å². The monoisotopic (exact) mass is 341 g/mol. The Morgan fingerprint density at radius 2 is 2.12 bits per heavy atom. The van der Waals surface area contributed by atoms with Gasteiger partial charge in [0.05, 0.1) is 11.8 Å². The summed E-state index contributed by atoms with van der Waals surface area (Å²) in [6.07, 6.45) is 5.49. The van der Waals surface area contributed by atoms with Crippen LogP contribution in [0.2, 0.25) is 0 Å². The average Bonchev–Trinajstić information content (AvgIpc) is 2.85. The zero-order valence-electron chi connectivity index (χ0n) is 13.4. The number of hydrogen-bond donors (Lipinski definition) is 1. The van der Waals surface area contributed by atoms with E-state index < -0.39 is 0 Å². The maximum absolute atomic E-state index is 12.6. The van der Waals surface area contributed by atoms with Crippen molar-refractivity contribution in [2.45, 2.75) is 43.4 Å². The van der Waals surface area contributed by atoms with Crippen LogP contribution in [0.15, 0.2) is 33.7 Å². The van der Waals surface area contributed by atoms with Crippen LogP contribution in [0.4, 0.5) is 5.69 Å². The van der Waals surface area contributed by atoms with Crippen LogP contribution in [0.5, 0.6) is 0 Å². The first kappa shape index (κ1) is 16.6. The number of nitrogens with one attached hydrogen (secondary N) is 1. The van der Waals surface area contributed by atoms with Crippen molar-refractivity contribution in [3.05, 3.63) is 41.3 Å². The molecule has 0 bridgehead atoms. The van der Waals surface area contributed by atoms with Gasteiger partial charge in [0, 0.05) is 29.1 Å². The molecule has 0 spiro atoms. The molecule has 1 aromatic heterocycles. The second kappa shape index (κ2) is 8.02. The Morgan fingerprint density at radius 3 is 3.00 bits per heavy atom. The molecule has 0 atom stereocenters. The number of para-hydroxylation sites is 1. The van der Waals surface area contributed by atoms with Crippen LogP contribution in [0, 0.1) is 11.3 Å². The maximum Gasteiger partial charge on any atom is 0.278 e. The predicted molar refractivity (Wildman–Crippen MR) is 93.1 cm³/mol. The van der Waals surface area contributed by atoms with Gasteiger partial charge in [0.1, 0.15) is 5.76 Å². The minimum absolute atomic E-state index is 0.227. The standard InChI is InChI=1S/C18H19N3O2S/c19-11-6-12-24-16-10-5-4-8-14(16)20-18(22)17-13-7-2-1-3-9-15(13)23-21-17/h4-5,8,10H,1-3,6-7,9,12H2,(H,20,22). The number of carbonyl (C=O) groups is 1. The van der Waals surface area contributed by atoms with E-state index in [1.807, 2.05) is 24.3 Å². The van der Waals surface area contributed by atoms with Crippen molar-refractivity contribution < 1.29 is 9.32 Å². The number of thioether (sulfide) groups is 1. The Hall–Kier alpha value is -2.26. The lowest BCUT2D eigenvalue weighted by molar-refractivity contribution is 0.101. The normalized spacial score (nSPS) is 13.6. The summed E-state index contributed by atoms with van der Waals surface area (Å²) in [6.45, 7) is 0. The number of benzene rings is 1. The molecule has 0 saturated carbocycles. The summed E-state index contributed by atoms with van der Waals surface area (Å²) in [5.74, 6) is 1.33. The summed E-state index contributed by atoms with van der Waals surface area (Å²) < 4.78 is 5.38. The molecule has 1 aliphatic carbocycles. The van der Waals surface area contributed by atoms with Crippen molar-refractivity contribution in [2.24, 2.45) is 0 Å². The smallest absolute Gasteiger partial charge is 0.278 e. The molecule has 1 amide bonds. The van der Waals surface area contributed by atoms with Gasteiger partial charge >= 0.3 is 0 Å². The molecule has 0 saturated heterocycles. The Kier molecular flexibility index (Phi) is 5.55. The molecular formula is C18H19N3O2S. The van der Waals surface area contributed by atoms with E-state index in [0.717, 1.165) is 54.0 Å². The van der Waals surface area contributed by atoms with Crippen LogP contribution in [0.25, 0.3) is 0 Å². The molecule has 6 heteroatoms. The maximum atomic E-state index is 12.6. The second-order valence-electron chi connectivity index (χ2n) is 5.70. The SMILES string of the molecule is N#CCCSc1ccccc1NC(=O)c1noc2c1CCCCC2. The van der Waals surface area contributed by atoms with E-state index in [2.05, 4.69) is 16.5 Å². The lowest BCUT2D eigenvalue weighted by atomic mass is 10.1. The molecule has 3 rings (SSSR count). The van der Waals surface area contributed by atoms with Gasteiger partial charge in [-0.25, -0.2) is 0 Å². The van der Waals surface area contributed by atoms with E-state index in [0.29, 0.717) is 17.9 Å². The highest BCUT2D eigenvalue weighted by Crippen LogP contribution is 2.29. The van der Waals surface area contributed by atoms with Crippen LogP contribution in [0.1, 0.15) is 47.5 Å². The van der Waals surface area contributed by atoms with Gasteiger partial charge < -0.3 is 9.84 Å².